The van der Waals surface area contributed by atoms with E-state index in [9.17, 15) is 9.59 Å². The van der Waals surface area contributed by atoms with Gasteiger partial charge in [0.2, 0.25) is 0 Å². The van der Waals surface area contributed by atoms with Crippen molar-refractivity contribution in [2.75, 3.05) is 4.90 Å². The number of esters is 1. The smallest absolute Gasteiger partial charge is 0.323 e. The van der Waals surface area contributed by atoms with E-state index in [0.717, 1.165) is 16.8 Å². The fraction of sp³-hybridized carbons (Fsp3) is 0.300. The van der Waals surface area contributed by atoms with E-state index in [1.54, 1.807) is 0 Å². The second-order valence-corrected chi connectivity index (χ2v) is 7.21. The third-order valence-electron chi connectivity index (χ3n) is 4.24. The van der Waals surface area contributed by atoms with E-state index < -0.39 is 17.6 Å². The van der Waals surface area contributed by atoms with E-state index in [1.807, 2.05) is 69.3 Å². The van der Waals surface area contributed by atoms with Crippen LogP contribution in [0.1, 0.15) is 38.0 Å². The van der Waals surface area contributed by atoms with Crippen molar-refractivity contribution in [3.05, 3.63) is 59.7 Å². The Morgan fingerprint density at radius 3 is 2.28 bits per heavy atom. The van der Waals surface area contributed by atoms with Crippen molar-refractivity contribution in [3.8, 4) is 0 Å². The summed E-state index contributed by atoms with van der Waals surface area (Å²) in [4.78, 5) is 26.1. The predicted molar refractivity (Wildman–Crippen MR) is 96.6 cm³/mol. The van der Waals surface area contributed by atoms with Gasteiger partial charge in [-0.1, -0.05) is 36.4 Å². The lowest BCUT2D eigenvalue weighted by molar-refractivity contribution is -0.159. The number of anilines is 2. The lowest BCUT2D eigenvalue weighted by Crippen LogP contribution is -2.32. The summed E-state index contributed by atoms with van der Waals surface area (Å²) in [6.45, 7) is 5.46. The van der Waals surface area contributed by atoms with Gasteiger partial charge in [-0.05, 0) is 38.5 Å². The Bertz CT molecular complexity index is 824. The molecular formula is C20H22N2O3. The molecule has 0 aliphatic carbocycles. The van der Waals surface area contributed by atoms with Gasteiger partial charge in [-0.25, -0.2) is 4.79 Å². The van der Waals surface area contributed by atoms with Crippen molar-refractivity contribution < 1.29 is 14.3 Å². The molecule has 0 bridgehead atoms. The highest BCUT2D eigenvalue weighted by atomic mass is 16.5. The summed E-state index contributed by atoms with van der Waals surface area (Å²) in [5.41, 5.74) is 8.10. The summed E-state index contributed by atoms with van der Waals surface area (Å²) < 4.78 is 5.83. The molecule has 1 heterocycles. The van der Waals surface area contributed by atoms with Gasteiger partial charge in [-0.15, -0.1) is 0 Å². The molecule has 5 nitrogen and oxygen atoms in total. The highest BCUT2D eigenvalue weighted by Crippen LogP contribution is 2.41. The number of nitrogens with zero attached hydrogens (tertiary/aromatic N) is 1. The van der Waals surface area contributed by atoms with E-state index in [4.69, 9.17) is 10.5 Å². The molecule has 0 fully saturated rings. The Morgan fingerprint density at radius 1 is 1.04 bits per heavy atom. The van der Waals surface area contributed by atoms with Gasteiger partial charge >= 0.3 is 12.0 Å². The van der Waals surface area contributed by atoms with Crippen LogP contribution in [0.15, 0.2) is 48.5 Å². The molecule has 0 unspecified atom stereocenters. The second-order valence-electron chi connectivity index (χ2n) is 7.21. The maximum atomic E-state index is 12.5. The number of amides is 2. The molecule has 0 radical (unpaired) electrons. The normalized spacial score (nSPS) is 16.4. The van der Waals surface area contributed by atoms with Gasteiger partial charge < -0.3 is 10.5 Å². The summed E-state index contributed by atoms with van der Waals surface area (Å²) in [6, 6.07) is 14.4. The third kappa shape index (κ3) is 3.22. The Labute approximate surface area is 147 Å². The minimum atomic E-state index is -0.607. The molecule has 25 heavy (non-hydrogen) atoms. The molecule has 0 spiro atoms. The zero-order valence-corrected chi connectivity index (χ0v) is 14.7. The van der Waals surface area contributed by atoms with Crippen LogP contribution in [0, 0.1) is 5.41 Å². The summed E-state index contributed by atoms with van der Waals surface area (Å²) in [7, 11) is 0. The van der Waals surface area contributed by atoms with E-state index in [2.05, 4.69) is 0 Å². The lowest BCUT2D eigenvalue weighted by atomic mass is 9.96. The summed E-state index contributed by atoms with van der Waals surface area (Å²) in [5.74, 6) is -0.280. The van der Waals surface area contributed by atoms with Gasteiger partial charge in [0.1, 0.15) is 6.10 Å². The molecule has 3 rings (SSSR count). The van der Waals surface area contributed by atoms with Crippen molar-refractivity contribution in [2.24, 2.45) is 11.1 Å². The molecule has 130 valence electrons. The van der Waals surface area contributed by atoms with Gasteiger partial charge in [-0.3, -0.25) is 9.69 Å². The first-order valence-corrected chi connectivity index (χ1v) is 8.26. The monoisotopic (exact) mass is 338 g/mol. The Kier molecular flexibility index (Phi) is 4.25. The molecule has 2 aromatic rings. The number of rotatable bonds is 1. The largest absolute Gasteiger partial charge is 0.457 e. The number of benzene rings is 2. The predicted octanol–water partition coefficient (Wildman–Crippen LogP) is 4.09. The van der Waals surface area contributed by atoms with Crippen LogP contribution in [0.2, 0.25) is 0 Å². The summed E-state index contributed by atoms with van der Waals surface area (Å²) in [6.07, 6.45) is 0.00660. The highest BCUT2D eigenvalue weighted by Gasteiger charge is 2.33. The van der Waals surface area contributed by atoms with Crippen LogP contribution in [0.4, 0.5) is 16.2 Å². The second kappa shape index (κ2) is 6.24. The maximum Gasteiger partial charge on any atom is 0.323 e. The quantitative estimate of drug-likeness (QED) is 0.796. The number of carbonyl (C=O) groups is 2. The van der Waals surface area contributed by atoms with Crippen molar-refractivity contribution in [1.29, 1.82) is 0 Å². The van der Waals surface area contributed by atoms with Gasteiger partial charge in [0.25, 0.3) is 0 Å². The first-order chi connectivity index (χ1) is 11.8. The average Bonchev–Trinajstić information content (AvgIpc) is 2.68. The Morgan fingerprint density at radius 2 is 1.64 bits per heavy atom. The Balaban J connectivity index is 2.14. The standard InChI is InChI=1S/C20H22N2O3/c1-20(2,3)18(23)25-17-12-13-8-4-6-10-15(13)22(19(21)24)16-11-7-5-9-14(16)17/h4-11,17H,12H2,1-3H3,(H2,21,24)/t17-/m0/s1. The van der Waals surface area contributed by atoms with Crippen LogP contribution in [-0.4, -0.2) is 12.0 Å². The maximum absolute atomic E-state index is 12.5. The number of hydrogen-bond acceptors (Lipinski definition) is 3. The number of fused-ring (bicyclic) bond motifs is 2. The number of nitrogens with two attached hydrogens (primary N) is 1. The molecule has 0 saturated carbocycles. The van der Waals surface area contributed by atoms with E-state index in [1.165, 1.54) is 4.90 Å². The summed E-state index contributed by atoms with van der Waals surface area (Å²) in [5, 5.41) is 0. The van der Waals surface area contributed by atoms with Crippen molar-refractivity contribution in [3.63, 3.8) is 0 Å². The van der Waals surface area contributed by atoms with Crippen LogP contribution in [-0.2, 0) is 16.0 Å². The van der Waals surface area contributed by atoms with Gasteiger partial charge in [-0.2, -0.15) is 0 Å². The van der Waals surface area contributed by atoms with Gasteiger partial charge in [0.05, 0.1) is 16.8 Å². The fourth-order valence-corrected chi connectivity index (χ4v) is 2.95. The van der Waals surface area contributed by atoms with Gasteiger partial charge in [0, 0.05) is 12.0 Å². The van der Waals surface area contributed by atoms with E-state index in [-0.39, 0.29) is 5.97 Å². The molecule has 1 atom stereocenters. The molecular weight excluding hydrogens is 316 g/mol. The summed E-state index contributed by atoms with van der Waals surface area (Å²) >= 11 is 0. The zero-order chi connectivity index (χ0) is 18.2. The molecule has 5 heteroatoms. The number of ether oxygens (including phenoxy) is 1. The van der Waals surface area contributed by atoms with Crippen molar-refractivity contribution >= 4 is 23.4 Å². The molecule has 2 aromatic carbocycles. The van der Waals surface area contributed by atoms with Gasteiger partial charge in [0.15, 0.2) is 0 Å². The number of urea groups is 1. The SMILES string of the molecule is CC(C)(C)C(=O)O[C@H]1Cc2ccccc2N(C(N)=O)c2ccccc21. The molecule has 0 saturated heterocycles. The first-order valence-electron chi connectivity index (χ1n) is 8.26. The zero-order valence-electron chi connectivity index (χ0n) is 14.7. The number of hydrogen-bond donors (Lipinski definition) is 1. The van der Waals surface area contributed by atoms with Crippen LogP contribution in [0.25, 0.3) is 0 Å². The van der Waals surface area contributed by atoms with Crippen LogP contribution >= 0.6 is 0 Å². The highest BCUT2D eigenvalue weighted by molar-refractivity contribution is 6.00. The topological polar surface area (TPSA) is 72.6 Å². The average molecular weight is 338 g/mol. The van der Waals surface area contributed by atoms with Crippen molar-refractivity contribution in [1.82, 2.24) is 0 Å². The molecule has 1 aliphatic heterocycles. The van der Waals surface area contributed by atoms with E-state index in [0.29, 0.717) is 12.1 Å². The molecule has 1 aliphatic rings. The third-order valence-corrected chi connectivity index (χ3v) is 4.24. The minimum absolute atomic E-state index is 0.280. The number of carbonyl (C=O) groups excluding carboxylic acids is 2. The lowest BCUT2D eigenvalue weighted by Gasteiger charge is -2.25. The van der Waals surface area contributed by atoms with Crippen LogP contribution in [0.5, 0.6) is 0 Å². The van der Waals surface area contributed by atoms with Crippen LogP contribution in [0.3, 0.4) is 0 Å². The van der Waals surface area contributed by atoms with Crippen LogP contribution < -0.4 is 10.6 Å². The van der Waals surface area contributed by atoms with Crippen molar-refractivity contribution in [2.45, 2.75) is 33.3 Å². The first kappa shape index (κ1) is 17.0. The number of para-hydroxylation sites is 2. The molecule has 2 amide bonds. The molecule has 2 N–H and O–H groups in total. The van der Waals surface area contributed by atoms with E-state index >= 15 is 0 Å². The fourth-order valence-electron chi connectivity index (χ4n) is 2.95. The minimum Gasteiger partial charge on any atom is -0.457 e. The Hall–Kier alpha value is -2.82. The molecule has 0 aromatic heterocycles. The number of primary amides is 1.